The molecule has 0 saturated carbocycles. The standard InChI is InChI=1S/C8H7NO2/c10-7-3-1-2-4-8-6(7)5-9-11-8/h1-5,9-10H. The summed E-state index contributed by atoms with van der Waals surface area (Å²) in [6.45, 7) is 0. The van der Waals surface area contributed by atoms with Gasteiger partial charge in [0.2, 0.25) is 0 Å². The fourth-order valence-electron chi connectivity index (χ4n) is 0.981. The molecule has 0 bridgehead atoms. The third kappa shape index (κ3) is 0.902. The second-order valence-corrected chi connectivity index (χ2v) is 2.25. The van der Waals surface area contributed by atoms with E-state index < -0.39 is 0 Å². The van der Waals surface area contributed by atoms with Crippen LogP contribution in [0.25, 0.3) is 0 Å². The van der Waals surface area contributed by atoms with Gasteiger partial charge in [-0.2, -0.15) is 0 Å². The van der Waals surface area contributed by atoms with Gasteiger partial charge in [-0.1, -0.05) is 12.2 Å². The Balaban J connectivity index is 2.47. The summed E-state index contributed by atoms with van der Waals surface area (Å²) >= 11 is 0. The molecule has 0 atom stereocenters. The Labute approximate surface area is 63.9 Å². The normalized spacial score (nSPS) is 20.2. The molecule has 0 unspecified atom stereocenters. The molecule has 2 N–H and O–H groups in total. The lowest BCUT2D eigenvalue weighted by Gasteiger charge is -1.98. The summed E-state index contributed by atoms with van der Waals surface area (Å²) in [7, 11) is 0. The highest BCUT2D eigenvalue weighted by Crippen LogP contribution is 2.23. The van der Waals surface area contributed by atoms with Gasteiger partial charge in [0.25, 0.3) is 0 Å². The first-order chi connectivity index (χ1) is 5.38. The number of hydroxylamine groups is 1. The third-order valence-corrected chi connectivity index (χ3v) is 1.53. The van der Waals surface area contributed by atoms with E-state index in [9.17, 15) is 5.11 Å². The molecule has 3 heteroatoms. The molecule has 1 aliphatic heterocycles. The summed E-state index contributed by atoms with van der Waals surface area (Å²) in [6, 6.07) is 0. The van der Waals surface area contributed by atoms with Crippen molar-refractivity contribution in [3.05, 3.63) is 47.6 Å². The second kappa shape index (κ2) is 2.20. The predicted molar refractivity (Wildman–Crippen MR) is 40.2 cm³/mol. The van der Waals surface area contributed by atoms with Crippen LogP contribution in [0, 0.1) is 0 Å². The van der Waals surface area contributed by atoms with Crippen molar-refractivity contribution in [3.63, 3.8) is 0 Å². The van der Waals surface area contributed by atoms with Crippen molar-refractivity contribution in [1.82, 2.24) is 5.48 Å². The van der Waals surface area contributed by atoms with Crippen molar-refractivity contribution >= 4 is 0 Å². The van der Waals surface area contributed by atoms with Gasteiger partial charge in [0.15, 0.2) is 5.76 Å². The van der Waals surface area contributed by atoms with E-state index in [1.165, 1.54) is 0 Å². The molecule has 0 radical (unpaired) electrons. The topological polar surface area (TPSA) is 41.5 Å². The van der Waals surface area contributed by atoms with Gasteiger partial charge in [-0.15, -0.1) is 0 Å². The molecule has 0 aromatic heterocycles. The summed E-state index contributed by atoms with van der Waals surface area (Å²) < 4.78 is 0. The lowest BCUT2D eigenvalue weighted by Crippen LogP contribution is -1.95. The number of hydrogen-bond acceptors (Lipinski definition) is 3. The second-order valence-electron chi connectivity index (χ2n) is 2.25. The van der Waals surface area contributed by atoms with E-state index in [1.807, 2.05) is 0 Å². The van der Waals surface area contributed by atoms with Crippen LogP contribution >= 0.6 is 0 Å². The molecule has 0 fully saturated rings. The van der Waals surface area contributed by atoms with Crippen LogP contribution < -0.4 is 5.48 Å². The lowest BCUT2D eigenvalue weighted by molar-refractivity contribution is 0.169. The van der Waals surface area contributed by atoms with Gasteiger partial charge in [0, 0.05) is 0 Å². The van der Waals surface area contributed by atoms with E-state index in [2.05, 4.69) is 5.48 Å². The highest BCUT2D eigenvalue weighted by molar-refractivity contribution is 5.46. The first-order valence-electron chi connectivity index (χ1n) is 3.29. The maximum Gasteiger partial charge on any atom is 0.167 e. The third-order valence-electron chi connectivity index (χ3n) is 1.53. The minimum Gasteiger partial charge on any atom is -0.507 e. The van der Waals surface area contributed by atoms with Crippen LogP contribution in [0.5, 0.6) is 0 Å². The van der Waals surface area contributed by atoms with Crippen LogP contribution in [0.15, 0.2) is 47.6 Å². The van der Waals surface area contributed by atoms with Crippen molar-refractivity contribution in [1.29, 1.82) is 0 Å². The van der Waals surface area contributed by atoms with Crippen molar-refractivity contribution in [3.8, 4) is 0 Å². The zero-order chi connectivity index (χ0) is 7.68. The Hall–Kier alpha value is -1.64. The lowest BCUT2D eigenvalue weighted by atomic mass is 10.2. The number of aliphatic hydroxyl groups excluding tert-OH is 1. The van der Waals surface area contributed by atoms with E-state index in [0.29, 0.717) is 11.3 Å². The monoisotopic (exact) mass is 149 g/mol. The number of rotatable bonds is 0. The molecule has 2 rings (SSSR count). The van der Waals surface area contributed by atoms with Crippen LogP contribution in [-0.4, -0.2) is 5.11 Å². The highest BCUT2D eigenvalue weighted by Gasteiger charge is 2.16. The van der Waals surface area contributed by atoms with Crippen LogP contribution in [0.1, 0.15) is 0 Å². The molecule has 3 nitrogen and oxygen atoms in total. The van der Waals surface area contributed by atoms with Gasteiger partial charge in [0.1, 0.15) is 5.76 Å². The molecule has 1 aliphatic carbocycles. The number of nitrogens with one attached hydrogen (secondary N) is 1. The maximum atomic E-state index is 9.34. The molecule has 0 aromatic carbocycles. The number of fused-ring (bicyclic) bond motifs is 1. The Morgan fingerprint density at radius 1 is 1.27 bits per heavy atom. The molecule has 0 saturated heterocycles. The molecule has 1 heterocycles. The van der Waals surface area contributed by atoms with Gasteiger partial charge < -0.3 is 9.94 Å². The zero-order valence-electron chi connectivity index (χ0n) is 5.74. The summed E-state index contributed by atoms with van der Waals surface area (Å²) in [4.78, 5) is 4.97. The van der Waals surface area contributed by atoms with E-state index in [-0.39, 0.29) is 5.76 Å². The SMILES string of the molecule is OC1=CC=CC=C2ONC=C12. The molecule has 2 aliphatic rings. The minimum absolute atomic E-state index is 0.218. The number of allylic oxidation sites excluding steroid dienone is 4. The van der Waals surface area contributed by atoms with Gasteiger partial charge in [-0.05, 0) is 12.2 Å². The van der Waals surface area contributed by atoms with Gasteiger partial charge in [0.05, 0.1) is 11.8 Å². The van der Waals surface area contributed by atoms with E-state index >= 15 is 0 Å². The minimum atomic E-state index is 0.218. The van der Waals surface area contributed by atoms with Crippen LogP contribution in [-0.2, 0) is 4.84 Å². The number of aliphatic hydroxyl groups is 1. The Morgan fingerprint density at radius 3 is 3.00 bits per heavy atom. The summed E-state index contributed by atoms with van der Waals surface area (Å²) in [6.07, 6.45) is 8.58. The van der Waals surface area contributed by atoms with Crippen LogP contribution in [0.4, 0.5) is 0 Å². The van der Waals surface area contributed by atoms with Gasteiger partial charge in [-0.25, -0.2) is 5.48 Å². The highest BCUT2D eigenvalue weighted by atomic mass is 16.7. The Bertz CT molecular complexity index is 297. The van der Waals surface area contributed by atoms with E-state index in [0.717, 1.165) is 0 Å². The smallest absolute Gasteiger partial charge is 0.167 e. The van der Waals surface area contributed by atoms with Gasteiger partial charge >= 0.3 is 0 Å². The molecule has 0 amide bonds. The molecule has 56 valence electrons. The molecule has 11 heavy (non-hydrogen) atoms. The summed E-state index contributed by atoms with van der Waals surface area (Å²) in [5.74, 6) is 0.863. The van der Waals surface area contributed by atoms with Crippen LogP contribution in [0.2, 0.25) is 0 Å². The molecule has 0 spiro atoms. The van der Waals surface area contributed by atoms with Crippen molar-refractivity contribution in [2.24, 2.45) is 0 Å². The van der Waals surface area contributed by atoms with Crippen molar-refractivity contribution in [2.45, 2.75) is 0 Å². The maximum absolute atomic E-state index is 9.34. The Morgan fingerprint density at radius 2 is 2.09 bits per heavy atom. The van der Waals surface area contributed by atoms with E-state index in [4.69, 9.17) is 4.84 Å². The van der Waals surface area contributed by atoms with E-state index in [1.54, 1.807) is 30.5 Å². The fraction of sp³-hybridized carbons (Fsp3) is 0. The summed E-state index contributed by atoms with van der Waals surface area (Å²) in [5.41, 5.74) is 3.25. The van der Waals surface area contributed by atoms with Crippen molar-refractivity contribution in [2.75, 3.05) is 0 Å². The molecular formula is C8H7NO2. The average Bonchev–Trinajstić information content (AvgIpc) is 2.40. The van der Waals surface area contributed by atoms with Crippen molar-refractivity contribution < 1.29 is 9.94 Å². The molecular weight excluding hydrogens is 142 g/mol. The zero-order valence-corrected chi connectivity index (χ0v) is 5.74. The predicted octanol–water partition coefficient (Wildman–Crippen LogP) is 1.30. The largest absolute Gasteiger partial charge is 0.507 e. The average molecular weight is 149 g/mol. The first kappa shape index (κ1) is 6.09. The van der Waals surface area contributed by atoms with Crippen LogP contribution in [0.3, 0.4) is 0 Å². The quantitative estimate of drug-likeness (QED) is 0.545. The summed E-state index contributed by atoms with van der Waals surface area (Å²) in [5, 5.41) is 9.34. The molecule has 0 aromatic rings. The Kier molecular flexibility index (Phi) is 1.22. The first-order valence-corrected chi connectivity index (χ1v) is 3.29. The number of hydrogen-bond donors (Lipinski definition) is 2. The van der Waals surface area contributed by atoms with Gasteiger partial charge in [-0.3, -0.25) is 0 Å². The fourth-order valence-corrected chi connectivity index (χ4v) is 0.981.